The van der Waals surface area contributed by atoms with Gasteiger partial charge in [0.15, 0.2) is 5.78 Å². The van der Waals surface area contributed by atoms with E-state index in [0.717, 1.165) is 34.9 Å². The van der Waals surface area contributed by atoms with Gasteiger partial charge in [0.2, 0.25) is 5.91 Å². The highest BCUT2D eigenvalue weighted by atomic mass is 35.5. The van der Waals surface area contributed by atoms with Crippen molar-refractivity contribution in [1.82, 2.24) is 0 Å². The second-order valence-electron chi connectivity index (χ2n) is 7.03. The van der Waals surface area contributed by atoms with Crippen LogP contribution in [0.2, 0.25) is 0 Å². The quantitative estimate of drug-likeness (QED) is 0.354. The predicted molar refractivity (Wildman–Crippen MR) is 115 cm³/mol. The Morgan fingerprint density at radius 1 is 0.935 bits per heavy atom. The fourth-order valence-electron chi connectivity index (χ4n) is 3.03. The van der Waals surface area contributed by atoms with Gasteiger partial charge in [0, 0.05) is 12.0 Å². The number of anilines is 1. The first kappa shape index (κ1) is 22.6. The third kappa shape index (κ3) is 5.73. The van der Waals surface area contributed by atoms with E-state index in [1.54, 1.807) is 0 Å². The maximum absolute atomic E-state index is 13.3. The lowest BCUT2D eigenvalue weighted by molar-refractivity contribution is -0.137. The van der Waals surface area contributed by atoms with E-state index < -0.39 is 28.7 Å². The summed E-state index contributed by atoms with van der Waals surface area (Å²) >= 11 is 5.65. The van der Waals surface area contributed by atoms with Gasteiger partial charge in [-0.05, 0) is 35.7 Å². The molecule has 3 aromatic rings. The molecule has 0 saturated carbocycles. The third-order valence-corrected chi connectivity index (χ3v) is 4.89. The first-order valence-corrected chi connectivity index (χ1v) is 9.92. The van der Waals surface area contributed by atoms with E-state index in [1.165, 1.54) is 6.92 Å². The Hall–Kier alpha value is -3.12. The van der Waals surface area contributed by atoms with Crippen LogP contribution in [0.5, 0.6) is 0 Å². The largest absolute Gasteiger partial charge is 0.418 e. The minimum atomic E-state index is -4.69. The van der Waals surface area contributed by atoms with Crippen molar-refractivity contribution in [3.8, 4) is 11.1 Å². The van der Waals surface area contributed by atoms with Crippen molar-refractivity contribution in [3.05, 3.63) is 89.5 Å². The SMILES string of the molecule is CC(Cl)C(=O)Nc1cc(C(=O)Cc2ccc(-c3ccccc3)cc2)ccc1C(F)(F)F. The number of alkyl halides is 4. The average Bonchev–Trinajstić information content (AvgIpc) is 2.74. The van der Waals surface area contributed by atoms with Crippen LogP contribution in [-0.4, -0.2) is 17.1 Å². The van der Waals surface area contributed by atoms with Crippen LogP contribution >= 0.6 is 11.6 Å². The molecule has 3 aromatic carbocycles. The summed E-state index contributed by atoms with van der Waals surface area (Å²) < 4.78 is 39.9. The number of halogens is 4. The molecule has 0 radical (unpaired) electrons. The van der Waals surface area contributed by atoms with Gasteiger partial charge in [-0.3, -0.25) is 9.59 Å². The number of hydrogen-bond acceptors (Lipinski definition) is 2. The monoisotopic (exact) mass is 445 g/mol. The summed E-state index contributed by atoms with van der Waals surface area (Å²) in [4.78, 5) is 24.5. The zero-order valence-corrected chi connectivity index (χ0v) is 17.3. The smallest absolute Gasteiger partial charge is 0.324 e. The van der Waals surface area contributed by atoms with E-state index in [0.29, 0.717) is 0 Å². The summed E-state index contributed by atoms with van der Waals surface area (Å²) in [5.74, 6) is -1.15. The molecule has 1 N–H and O–H groups in total. The zero-order valence-electron chi connectivity index (χ0n) is 16.5. The molecule has 0 saturated heterocycles. The van der Waals surface area contributed by atoms with Crippen LogP contribution in [-0.2, 0) is 17.4 Å². The Bertz CT molecular complexity index is 1080. The highest BCUT2D eigenvalue weighted by Crippen LogP contribution is 2.35. The summed E-state index contributed by atoms with van der Waals surface area (Å²) in [6, 6.07) is 20.1. The van der Waals surface area contributed by atoms with Gasteiger partial charge in [-0.15, -0.1) is 11.6 Å². The second-order valence-corrected chi connectivity index (χ2v) is 7.68. The molecule has 3 nitrogen and oxygen atoms in total. The molecule has 1 unspecified atom stereocenters. The van der Waals surface area contributed by atoms with Crippen molar-refractivity contribution < 1.29 is 22.8 Å². The summed E-state index contributed by atoms with van der Waals surface area (Å²) in [7, 11) is 0. The van der Waals surface area contributed by atoms with Crippen LogP contribution < -0.4 is 5.32 Å². The van der Waals surface area contributed by atoms with Crippen molar-refractivity contribution in [2.75, 3.05) is 5.32 Å². The predicted octanol–water partition coefficient (Wildman–Crippen LogP) is 6.36. The van der Waals surface area contributed by atoms with Gasteiger partial charge < -0.3 is 5.32 Å². The number of carbonyl (C=O) groups excluding carboxylic acids is 2. The van der Waals surface area contributed by atoms with Crippen molar-refractivity contribution in [1.29, 1.82) is 0 Å². The molecule has 0 fully saturated rings. The molecule has 160 valence electrons. The highest BCUT2D eigenvalue weighted by molar-refractivity contribution is 6.32. The molecule has 1 amide bonds. The Kier molecular flexibility index (Phi) is 6.81. The molecule has 0 aliphatic heterocycles. The fraction of sp³-hybridized carbons (Fsp3) is 0.167. The van der Waals surface area contributed by atoms with E-state index in [1.807, 2.05) is 54.6 Å². The van der Waals surface area contributed by atoms with Gasteiger partial charge in [-0.2, -0.15) is 13.2 Å². The number of benzene rings is 3. The van der Waals surface area contributed by atoms with Gasteiger partial charge in [0.25, 0.3) is 0 Å². The van der Waals surface area contributed by atoms with E-state index in [2.05, 4.69) is 5.32 Å². The molecular weight excluding hydrogens is 427 g/mol. The maximum atomic E-state index is 13.3. The molecule has 0 aliphatic rings. The first-order valence-electron chi connectivity index (χ1n) is 9.49. The molecule has 31 heavy (non-hydrogen) atoms. The third-order valence-electron chi connectivity index (χ3n) is 4.69. The van der Waals surface area contributed by atoms with Crippen LogP contribution in [0.3, 0.4) is 0 Å². The molecule has 0 heterocycles. The van der Waals surface area contributed by atoms with E-state index in [4.69, 9.17) is 11.6 Å². The molecule has 0 spiro atoms. The van der Waals surface area contributed by atoms with Crippen LogP contribution in [0, 0.1) is 0 Å². The van der Waals surface area contributed by atoms with Gasteiger partial charge in [-0.25, -0.2) is 0 Å². The molecule has 3 rings (SSSR count). The van der Waals surface area contributed by atoms with Gasteiger partial charge in [0.05, 0.1) is 11.3 Å². The number of hydrogen-bond donors (Lipinski definition) is 1. The van der Waals surface area contributed by atoms with Crippen molar-refractivity contribution >= 4 is 29.0 Å². The Morgan fingerprint density at radius 2 is 1.55 bits per heavy atom. The standard InChI is InChI=1S/C24H19ClF3NO2/c1-15(25)23(31)29-21-14-19(11-12-20(21)24(26,27)28)22(30)13-16-7-9-18(10-8-16)17-5-3-2-4-6-17/h2-12,14-15H,13H2,1H3,(H,29,31). The minimum absolute atomic E-state index is 0.0136. The number of rotatable bonds is 6. The molecule has 7 heteroatoms. The highest BCUT2D eigenvalue weighted by Gasteiger charge is 2.34. The molecular formula is C24H19ClF3NO2. The average molecular weight is 446 g/mol. The van der Waals surface area contributed by atoms with Gasteiger partial charge >= 0.3 is 6.18 Å². The minimum Gasteiger partial charge on any atom is -0.324 e. The lowest BCUT2D eigenvalue weighted by Gasteiger charge is -2.16. The summed E-state index contributed by atoms with van der Waals surface area (Å²) in [6.45, 7) is 1.35. The zero-order chi connectivity index (χ0) is 22.6. The summed E-state index contributed by atoms with van der Waals surface area (Å²) in [6.07, 6.45) is -4.67. The molecule has 1 atom stereocenters. The first-order chi connectivity index (χ1) is 14.6. The Balaban J connectivity index is 1.82. The van der Waals surface area contributed by atoms with E-state index >= 15 is 0 Å². The molecule has 0 bridgehead atoms. The van der Waals surface area contributed by atoms with Crippen LogP contribution in [0.15, 0.2) is 72.8 Å². The number of nitrogens with one attached hydrogen (secondary N) is 1. The van der Waals surface area contributed by atoms with Gasteiger partial charge in [0.1, 0.15) is 5.38 Å². The van der Waals surface area contributed by atoms with Crippen molar-refractivity contribution in [3.63, 3.8) is 0 Å². The Morgan fingerprint density at radius 3 is 2.13 bits per heavy atom. The van der Waals surface area contributed by atoms with Crippen LogP contribution in [0.1, 0.15) is 28.4 Å². The second kappa shape index (κ2) is 9.35. The fourth-order valence-corrected chi connectivity index (χ4v) is 3.09. The van der Waals surface area contributed by atoms with Crippen molar-refractivity contribution in [2.24, 2.45) is 0 Å². The Labute approximate surface area is 182 Å². The number of ketones is 1. The summed E-state index contributed by atoms with van der Waals surface area (Å²) in [5, 5.41) is 1.13. The topological polar surface area (TPSA) is 46.2 Å². The number of amides is 1. The van der Waals surface area contributed by atoms with Gasteiger partial charge in [-0.1, -0.05) is 60.7 Å². The molecule has 0 aromatic heterocycles. The molecule has 0 aliphatic carbocycles. The maximum Gasteiger partial charge on any atom is 0.418 e. The van der Waals surface area contributed by atoms with E-state index in [9.17, 15) is 22.8 Å². The lowest BCUT2D eigenvalue weighted by Crippen LogP contribution is -2.23. The van der Waals surface area contributed by atoms with Crippen molar-refractivity contribution in [2.45, 2.75) is 24.9 Å². The van der Waals surface area contributed by atoms with E-state index in [-0.39, 0.29) is 17.8 Å². The van der Waals surface area contributed by atoms with Crippen LogP contribution in [0.4, 0.5) is 18.9 Å². The number of Topliss-reactive ketones (excluding diaryl/α,β-unsaturated/α-hetero) is 1. The number of carbonyl (C=O) groups is 2. The lowest BCUT2D eigenvalue weighted by atomic mass is 9.98. The normalized spacial score (nSPS) is 12.3. The van der Waals surface area contributed by atoms with Crippen LogP contribution in [0.25, 0.3) is 11.1 Å². The summed E-state index contributed by atoms with van der Waals surface area (Å²) in [5.41, 5.74) is 1.29.